The third-order valence-corrected chi connectivity index (χ3v) is 14.0. The number of hydrogen-bond donors (Lipinski definition) is 0. The monoisotopic (exact) mass is 801 g/mol. The van der Waals surface area contributed by atoms with Crippen molar-refractivity contribution in [2.45, 2.75) is 10.8 Å². The van der Waals surface area contributed by atoms with Crippen LogP contribution >= 0.6 is 0 Å². The third kappa shape index (κ3) is 4.39. The number of ether oxygens (including phenoxy) is 2. The number of fused-ring (bicyclic) bond motifs is 19. The van der Waals surface area contributed by atoms with Crippen molar-refractivity contribution < 1.29 is 9.47 Å². The summed E-state index contributed by atoms with van der Waals surface area (Å²) in [5.41, 5.74) is 16.1. The fourth-order valence-electron chi connectivity index (χ4n) is 11.6. The fourth-order valence-corrected chi connectivity index (χ4v) is 11.6. The Morgan fingerprint density at radius 2 is 0.730 bits per heavy atom. The molecule has 0 radical (unpaired) electrons. The lowest BCUT2D eigenvalue weighted by Crippen LogP contribution is -2.32. The fraction of sp³-hybridized carbons (Fsp3) is 0.0333. The molecule has 2 aliphatic carbocycles. The molecular weight excluding hydrogens is 767 g/mol. The minimum absolute atomic E-state index is 0.618. The average Bonchev–Trinajstić information content (AvgIpc) is 3.79. The van der Waals surface area contributed by atoms with E-state index in [-0.39, 0.29) is 0 Å². The van der Waals surface area contributed by atoms with Gasteiger partial charge in [0.15, 0.2) is 0 Å². The van der Waals surface area contributed by atoms with Gasteiger partial charge in [0.25, 0.3) is 0 Å². The van der Waals surface area contributed by atoms with E-state index in [1.165, 1.54) is 44.5 Å². The maximum Gasteiger partial charge on any atom is 0.132 e. The van der Waals surface area contributed by atoms with Gasteiger partial charge < -0.3 is 14.4 Å². The molecule has 0 bridgehead atoms. The van der Waals surface area contributed by atoms with E-state index in [2.05, 4.69) is 223 Å². The number of hydrogen-bond acceptors (Lipinski definition) is 3. The molecule has 10 aromatic carbocycles. The molecule has 0 N–H and O–H groups in total. The van der Waals surface area contributed by atoms with E-state index in [1.807, 2.05) is 6.07 Å². The van der Waals surface area contributed by atoms with Crippen LogP contribution in [-0.4, -0.2) is 0 Å². The third-order valence-electron chi connectivity index (χ3n) is 14.0. The Kier molecular flexibility index (Phi) is 6.89. The Hall–Kier alpha value is -8.32. The molecule has 3 nitrogen and oxygen atoms in total. The van der Waals surface area contributed by atoms with Crippen molar-refractivity contribution in [3.8, 4) is 45.3 Å². The van der Waals surface area contributed by atoms with Crippen LogP contribution in [0.3, 0.4) is 0 Å². The minimum Gasteiger partial charge on any atom is -0.457 e. The zero-order valence-electron chi connectivity index (χ0n) is 34.0. The van der Waals surface area contributed by atoms with Crippen molar-refractivity contribution >= 4 is 27.8 Å². The summed E-state index contributed by atoms with van der Waals surface area (Å²) < 4.78 is 13.4. The smallest absolute Gasteiger partial charge is 0.132 e. The molecule has 2 heterocycles. The molecule has 2 aliphatic heterocycles. The van der Waals surface area contributed by atoms with Crippen LogP contribution in [0.2, 0.25) is 0 Å². The molecular formula is C60H35NO2. The van der Waals surface area contributed by atoms with E-state index < -0.39 is 10.8 Å². The Bertz CT molecular complexity index is 3270. The predicted octanol–water partition coefficient (Wildman–Crippen LogP) is 14.8. The first-order chi connectivity index (χ1) is 31.2. The quantitative estimate of drug-likeness (QED) is 0.178. The summed E-state index contributed by atoms with van der Waals surface area (Å²) >= 11 is 0. The highest BCUT2D eigenvalue weighted by atomic mass is 16.5. The summed E-state index contributed by atoms with van der Waals surface area (Å²) in [6.45, 7) is 0. The summed E-state index contributed by atoms with van der Waals surface area (Å²) in [7, 11) is 0. The summed E-state index contributed by atoms with van der Waals surface area (Å²) in [6, 6.07) is 83.9. The standard InChI is InChI=1S/C60H35NO2/c1-2-18-41-38(16-1)17-15-27-54(41)61(39-32-34-44-42-19-3-5-21-46(42)59(52(44)36-39)48-23-7-11-28-55(48)62-56-29-12-8-24-49(56)59)40-33-35-45-43-20-4-6-22-47(43)60(53(45)37-40)50-25-9-13-30-57(50)63-58-31-14-10-26-51(58)60/h1-14,16-26,28-37H. The maximum atomic E-state index is 6.70. The van der Waals surface area contributed by atoms with Crippen molar-refractivity contribution in [2.75, 3.05) is 4.90 Å². The van der Waals surface area contributed by atoms with Crippen LogP contribution in [0.15, 0.2) is 212 Å². The molecule has 2 spiro atoms. The lowest BCUT2D eigenvalue weighted by atomic mass is 9.66. The molecule has 0 aromatic heterocycles. The van der Waals surface area contributed by atoms with Gasteiger partial charge in [-0.25, -0.2) is 0 Å². The molecule has 3 heteroatoms. The van der Waals surface area contributed by atoms with Gasteiger partial charge in [0.05, 0.1) is 10.8 Å². The molecule has 0 atom stereocenters. The Balaban J connectivity index is 1.07. The summed E-state index contributed by atoms with van der Waals surface area (Å²) in [4.78, 5) is 2.40. The topological polar surface area (TPSA) is 21.7 Å². The van der Waals surface area contributed by atoms with Crippen LogP contribution in [0.1, 0.15) is 44.5 Å². The lowest BCUT2D eigenvalue weighted by molar-refractivity contribution is 0.436. The second kappa shape index (κ2) is 12.6. The van der Waals surface area contributed by atoms with Crippen molar-refractivity contribution in [2.24, 2.45) is 0 Å². The van der Waals surface area contributed by atoms with Crippen molar-refractivity contribution in [3.63, 3.8) is 0 Å². The normalized spacial score (nSPS) is 14.4. The van der Waals surface area contributed by atoms with Crippen LogP contribution in [0.25, 0.3) is 33.0 Å². The molecule has 0 saturated carbocycles. The Labute approximate surface area is 365 Å². The number of para-hydroxylation sites is 4. The van der Waals surface area contributed by atoms with E-state index in [4.69, 9.17) is 9.47 Å². The highest BCUT2D eigenvalue weighted by molar-refractivity contribution is 6.00. The highest BCUT2D eigenvalue weighted by Crippen LogP contribution is 2.65. The zero-order valence-corrected chi connectivity index (χ0v) is 34.0. The molecule has 0 unspecified atom stereocenters. The van der Waals surface area contributed by atoms with Gasteiger partial charge in [0.1, 0.15) is 28.7 Å². The largest absolute Gasteiger partial charge is 0.457 e. The maximum absolute atomic E-state index is 6.70. The van der Waals surface area contributed by atoms with Crippen molar-refractivity contribution in [1.29, 1.82) is 0 Å². The highest BCUT2D eigenvalue weighted by Gasteiger charge is 2.53. The number of rotatable bonds is 3. The first kappa shape index (κ1) is 34.4. The van der Waals surface area contributed by atoms with Gasteiger partial charge in [-0.2, -0.15) is 0 Å². The molecule has 0 fully saturated rings. The van der Waals surface area contributed by atoms with Gasteiger partial charge >= 0.3 is 0 Å². The molecule has 0 amide bonds. The predicted molar refractivity (Wildman–Crippen MR) is 251 cm³/mol. The van der Waals surface area contributed by atoms with E-state index in [0.29, 0.717) is 0 Å². The Morgan fingerprint density at radius 1 is 0.349 bits per heavy atom. The summed E-state index contributed by atoms with van der Waals surface area (Å²) in [5, 5.41) is 2.20. The molecule has 63 heavy (non-hydrogen) atoms. The SMILES string of the molecule is c1cc2ccccc2c(N(c2ccc3c(c2)C2(c4ccccc4Oc4ccccc42)c2ccccc2-3)c2ccc3c(c2)C2(c4ccccc4Oc4ccccc42)c2ccccc2-3)c#1. The van der Waals surface area contributed by atoms with Gasteiger partial charge in [0.2, 0.25) is 0 Å². The van der Waals surface area contributed by atoms with Crippen LogP contribution in [0, 0.1) is 12.1 Å². The number of nitrogens with zero attached hydrogens (tertiary/aromatic N) is 1. The van der Waals surface area contributed by atoms with Crippen molar-refractivity contribution in [1.82, 2.24) is 0 Å². The average molecular weight is 802 g/mol. The van der Waals surface area contributed by atoms with Crippen LogP contribution in [0.5, 0.6) is 23.0 Å². The van der Waals surface area contributed by atoms with Gasteiger partial charge in [-0.1, -0.05) is 164 Å². The van der Waals surface area contributed by atoms with Gasteiger partial charge in [-0.3, -0.25) is 0 Å². The molecule has 10 aromatic rings. The first-order valence-corrected chi connectivity index (χ1v) is 21.6. The second-order valence-electron chi connectivity index (χ2n) is 16.9. The Morgan fingerprint density at radius 3 is 1.21 bits per heavy atom. The van der Waals surface area contributed by atoms with E-state index in [0.717, 1.165) is 73.1 Å². The number of benzene rings is 9. The van der Waals surface area contributed by atoms with E-state index >= 15 is 0 Å². The van der Waals surface area contributed by atoms with E-state index in [1.54, 1.807) is 0 Å². The van der Waals surface area contributed by atoms with Gasteiger partial charge in [-0.05, 0) is 111 Å². The second-order valence-corrected chi connectivity index (χ2v) is 16.9. The molecule has 0 saturated heterocycles. The lowest BCUT2D eigenvalue weighted by Gasteiger charge is -2.40. The summed E-state index contributed by atoms with van der Waals surface area (Å²) in [6.07, 6.45) is 0. The van der Waals surface area contributed by atoms with Crippen LogP contribution in [0.4, 0.5) is 17.1 Å². The van der Waals surface area contributed by atoms with Gasteiger partial charge in [0, 0.05) is 39.0 Å². The van der Waals surface area contributed by atoms with Crippen LogP contribution < -0.4 is 14.4 Å². The number of anilines is 3. The summed E-state index contributed by atoms with van der Waals surface area (Å²) in [5.74, 6) is 3.49. The zero-order chi connectivity index (χ0) is 41.3. The first-order valence-electron chi connectivity index (χ1n) is 21.6. The molecule has 4 aliphatic rings. The van der Waals surface area contributed by atoms with Crippen molar-refractivity contribution in [3.05, 3.63) is 269 Å². The van der Waals surface area contributed by atoms with E-state index in [9.17, 15) is 0 Å². The van der Waals surface area contributed by atoms with Gasteiger partial charge in [-0.15, -0.1) is 0 Å². The minimum atomic E-state index is -0.618. The van der Waals surface area contributed by atoms with Crippen LogP contribution in [-0.2, 0) is 10.8 Å². The molecule has 14 rings (SSSR count). The molecule has 292 valence electrons.